The number of hydrogen-bond acceptors (Lipinski definition) is 4. The molecule has 4 nitrogen and oxygen atoms in total. The van der Waals surface area contributed by atoms with Crippen molar-refractivity contribution in [3.63, 3.8) is 0 Å². The highest BCUT2D eigenvalue weighted by Crippen LogP contribution is 2.24. The van der Waals surface area contributed by atoms with Crippen molar-refractivity contribution >= 4 is 0 Å². The van der Waals surface area contributed by atoms with Crippen LogP contribution in [0.5, 0.6) is 5.75 Å². The normalized spacial score (nSPS) is 14.6. The molecule has 0 amide bonds. The maximum Gasteiger partial charge on any atom is 0.119 e. The molecule has 0 aliphatic rings. The fourth-order valence-electron chi connectivity index (χ4n) is 1.58. The van der Waals surface area contributed by atoms with Gasteiger partial charge in [-0.3, -0.25) is 0 Å². The Morgan fingerprint density at radius 3 is 2.50 bits per heavy atom. The fraction of sp³-hybridized carbons (Fsp3) is 0.500. The minimum absolute atomic E-state index is 0.150. The smallest absolute Gasteiger partial charge is 0.119 e. The minimum Gasteiger partial charge on any atom is -0.497 e. The Kier molecular flexibility index (Phi) is 4.73. The summed E-state index contributed by atoms with van der Waals surface area (Å²) in [5, 5.41) is 28.1. The summed E-state index contributed by atoms with van der Waals surface area (Å²) in [5.41, 5.74) is 1.54. The van der Waals surface area contributed by atoms with Gasteiger partial charge in [0, 0.05) is 6.61 Å². The fourth-order valence-corrected chi connectivity index (χ4v) is 1.58. The first-order chi connectivity index (χ1) is 7.58. The van der Waals surface area contributed by atoms with Gasteiger partial charge < -0.3 is 20.1 Å². The lowest BCUT2D eigenvalue weighted by atomic mass is 10.0. The molecule has 1 aromatic rings. The zero-order valence-corrected chi connectivity index (χ0v) is 9.55. The van der Waals surface area contributed by atoms with Crippen molar-refractivity contribution in [1.82, 2.24) is 0 Å². The topological polar surface area (TPSA) is 69.9 Å². The first kappa shape index (κ1) is 13.0. The Labute approximate surface area is 95.1 Å². The summed E-state index contributed by atoms with van der Waals surface area (Å²) in [5.74, 6) is 0.644. The van der Waals surface area contributed by atoms with E-state index in [2.05, 4.69) is 0 Å². The van der Waals surface area contributed by atoms with E-state index in [1.54, 1.807) is 19.2 Å². The number of aryl methyl sites for hydroxylation is 1. The molecule has 4 heteroatoms. The predicted octanol–water partition coefficient (Wildman–Crippen LogP) is 0.780. The third kappa shape index (κ3) is 3.20. The van der Waals surface area contributed by atoms with Crippen molar-refractivity contribution in [2.24, 2.45) is 0 Å². The van der Waals surface area contributed by atoms with Gasteiger partial charge in [0.2, 0.25) is 0 Å². The van der Waals surface area contributed by atoms with E-state index in [9.17, 15) is 10.2 Å². The molecule has 0 aromatic heterocycles. The van der Waals surface area contributed by atoms with Gasteiger partial charge in [-0.25, -0.2) is 0 Å². The number of methoxy groups -OCH3 is 1. The monoisotopic (exact) mass is 226 g/mol. The Morgan fingerprint density at radius 2 is 1.94 bits per heavy atom. The summed E-state index contributed by atoms with van der Waals surface area (Å²) in [6, 6.07) is 5.31. The van der Waals surface area contributed by atoms with Crippen LogP contribution in [0.25, 0.3) is 0 Å². The van der Waals surface area contributed by atoms with Crippen LogP contribution in [0.1, 0.15) is 23.7 Å². The molecule has 0 aliphatic heterocycles. The van der Waals surface area contributed by atoms with Crippen LogP contribution in [-0.4, -0.2) is 35.1 Å². The first-order valence-corrected chi connectivity index (χ1v) is 5.21. The summed E-state index contributed by atoms with van der Waals surface area (Å²) < 4.78 is 5.08. The van der Waals surface area contributed by atoms with Crippen molar-refractivity contribution in [3.8, 4) is 5.75 Å². The molecule has 1 aromatic carbocycles. The Morgan fingerprint density at radius 1 is 1.25 bits per heavy atom. The lowest BCUT2D eigenvalue weighted by Gasteiger charge is -2.18. The second kappa shape index (κ2) is 5.84. The molecule has 0 saturated carbocycles. The zero-order valence-electron chi connectivity index (χ0n) is 9.55. The van der Waals surface area contributed by atoms with E-state index in [0.717, 1.165) is 5.56 Å². The molecule has 90 valence electrons. The Hall–Kier alpha value is -1.10. The van der Waals surface area contributed by atoms with E-state index in [4.69, 9.17) is 9.84 Å². The van der Waals surface area contributed by atoms with Crippen molar-refractivity contribution in [2.45, 2.75) is 25.6 Å². The molecule has 2 unspecified atom stereocenters. The lowest BCUT2D eigenvalue weighted by Crippen LogP contribution is -2.19. The molecular weight excluding hydrogens is 208 g/mol. The van der Waals surface area contributed by atoms with Gasteiger partial charge in [-0.15, -0.1) is 0 Å². The third-order valence-corrected chi connectivity index (χ3v) is 2.44. The van der Waals surface area contributed by atoms with Gasteiger partial charge in [-0.2, -0.15) is 0 Å². The molecule has 0 spiro atoms. The van der Waals surface area contributed by atoms with E-state index >= 15 is 0 Å². The van der Waals surface area contributed by atoms with Crippen LogP contribution in [0, 0.1) is 6.92 Å². The van der Waals surface area contributed by atoms with E-state index < -0.39 is 12.2 Å². The van der Waals surface area contributed by atoms with E-state index in [0.29, 0.717) is 11.3 Å². The van der Waals surface area contributed by atoms with Crippen LogP contribution in [0.15, 0.2) is 18.2 Å². The standard InChI is InChI=1S/C12H18O4/c1-8-5-9(7-10(6-8)16-2)12(15)11(14)3-4-13/h5-7,11-15H,3-4H2,1-2H3. The van der Waals surface area contributed by atoms with Crippen molar-refractivity contribution < 1.29 is 20.1 Å². The number of ether oxygens (including phenoxy) is 1. The van der Waals surface area contributed by atoms with Crippen LogP contribution in [-0.2, 0) is 0 Å². The third-order valence-electron chi connectivity index (χ3n) is 2.44. The minimum atomic E-state index is -0.999. The van der Waals surface area contributed by atoms with Crippen LogP contribution < -0.4 is 4.74 Å². The molecule has 3 N–H and O–H groups in total. The molecule has 1 rings (SSSR count). The molecule has 0 aliphatic carbocycles. The number of benzene rings is 1. The quantitative estimate of drug-likeness (QED) is 0.694. The summed E-state index contributed by atoms with van der Waals surface area (Å²) in [7, 11) is 1.55. The van der Waals surface area contributed by atoms with Crippen LogP contribution in [0.4, 0.5) is 0 Å². The van der Waals surface area contributed by atoms with Crippen molar-refractivity contribution in [3.05, 3.63) is 29.3 Å². The maximum absolute atomic E-state index is 9.85. The molecule has 0 fully saturated rings. The van der Waals surface area contributed by atoms with Gasteiger partial charge >= 0.3 is 0 Å². The number of aliphatic hydroxyl groups is 3. The highest BCUT2D eigenvalue weighted by Gasteiger charge is 2.18. The van der Waals surface area contributed by atoms with Crippen LogP contribution in [0.3, 0.4) is 0 Å². The second-order valence-corrected chi connectivity index (χ2v) is 3.81. The highest BCUT2D eigenvalue weighted by molar-refractivity contribution is 5.35. The van der Waals surface area contributed by atoms with Gasteiger partial charge in [-0.05, 0) is 36.6 Å². The molecule has 0 heterocycles. The van der Waals surface area contributed by atoms with E-state index in [1.165, 1.54) is 0 Å². The van der Waals surface area contributed by atoms with Crippen LogP contribution >= 0.6 is 0 Å². The predicted molar refractivity (Wildman–Crippen MR) is 60.4 cm³/mol. The summed E-state index contributed by atoms with van der Waals surface area (Å²) in [6.07, 6.45) is -1.81. The molecule has 0 radical (unpaired) electrons. The molecule has 0 saturated heterocycles. The van der Waals surface area contributed by atoms with Gasteiger partial charge in [0.1, 0.15) is 11.9 Å². The van der Waals surface area contributed by atoms with Crippen LogP contribution in [0.2, 0.25) is 0 Å². The summed E-state index contributed by atoms with van der Waals surface area (Å²) >= 11 is 0. The Bertz CT molecular complexity index is 338. The molecule has 16 heavy (non-hydrogen) atoms. The van der Waals surface area contributed by atoms with Gasteiger partial charge in [0.25, 0.3) is 0 Å². The molecule has 2 atom stereocenters. The largest absolute Gasteiger partial charge is 0.497 e. The van der Waals surface area contributed by atoms with Gasteiger partial charge in [0.15, 0.2) is 0 Å². The van der Waals surface area contributed by atoms with Crippen molar-refractivity contribution in [2.75, 3.05) is 13.7 Å². The summed E-state index contributed by atoms with van der Waals surface area (Å²) in [6.45, 7) is 1.73. The maximum atomic E-state index is 9.85. The zero-order chi connectivity index (χ0) is 12.1. The second-order valence-electron chi connectivity index (χ2n) is 3.81. The van der Waals surface area contributed by atoms with E-state index in [1.807, 2.05) is 13.0 Å². The average Bonchev–Trinajstić information content (AvgIpc) is 2.27. The number of aliphatic hydroxyl groups excluding tert-OH is 3. The van der Waals surface area contributed by atoms with Gasteiger partial charge in [0.05, 0.1) is 13.2 Å². The molecular formula is C12H18O4. The van der Waals surface area contributed by atoms with Gasteiger partial charge in [-0.1, -0.05) is 6.07 Å². The SMILES string of the molecule is COc1cc(C)cc(C(O)C(O)CCO)c1. The first-order valence-electron chi connectivity index (χ1n) is 5.21. The van der Waals surface area contributed by atoms with E-state index in [-0.39, 0.29) is 13.0 Å². The number of hydrogen-bond donors (Lipinski definition) is 3. The molecule has 0 bridgehead atoms. The lowest BCUT2D eigenvalue weighted by molar-refractivity contribution is 0.00411. The Balaban J connectivity index is 2.89. The summed E-state index contributed by atoms with van der Waals surface area (Å²) in [4.78, 5) is 0. The average molecular weight is 226 g/mol. The van der Waals surface area contributed by atoms with Crippen molar-refractivity contribution in [1.29, 1.82) is 0 Å². The highest BCUT2D eigenvalue weighted by atomic mass is 16.5. The number of rotatable bonds is 5.